The number of carbonyl (C=O) groups is 1. The van der Waals surface area contributed by atoms with Gasteiger partial charge in [-0.25, -0.2) is 0 Å². The normalized spacial score (nSPS) is 9.92. The van der Waals surface area contributed by atoms with E-state index < -0.39 is 10.8 Å². The average molecular weight is 184 g/mol. The summed E-state index contributed by atoms with van der Waals surface area (Å²) < 4.78 is 1.19. The molecule has 7 heteroatoms. The maximum atomic E-state index is 10.5. The van der Waals surface area contributed by atoms with Crippen molar-refractivity contribution < 1.29 is 9.72 Å². The van der Waals surface area contributed by atoms with E-state index in [2.05, 4.69) is 5.10 Å². The molecule has 1 aromatic heterocycles. The highest BCUT2D eigenvalue weighted by Gasteiger charge is 2.16. The number of nitrogens with zero attached hydrogens (tertiary/aromatic N) is 3. The lowest BCUT2D eigenvalue weighted by Gasteiger charge is -1.98. The number of hydrogen-bond acceptors (Lipinski definition) is 4. The van der Waals surface area contributed by atoms with Gasteiger partial charge >= 0.3 is 5.69 Å². The molecule has 0 unspecified atom stereocenters. The molecule has 1 heterocycles. The largest absolute Gasteiger partial charge is 0.368 e. The summed E-state index contributed by atoms with van der Waals surface area (Å²) in [6, 6.07) is 0. The first-order chi connectivity index (χ1) is 6.02. The minimum absolute atomic E-state index is 0.110. The van der Waals surface area contributed by atoms with Gasteiger partial charge in [0, 0.05) is 0 Å². The minimum atomic E-state index is -0.582. The van der Waals surface area contributed by atoms with Gasteiger partial charge in [-0.3, -0.25) is 19.6 Å². The molecular formula is C6H8N4O3. The first-order valence-electron chi connectivity index (χ1n) is 3.47. The Labute approximate surface area is 73.3 Å². The molecule has 0 aliphatic rings. The summed E-state index contributed by atoms with van der Waals surface area (Å²) in [6.45, 7) is 1.37. The van der Waals surface area contributed by atoms with Crippen molar-refractivity contribution >= 4 is 11.6 Å². The molecule has 7 nitrogen and oxygen atoms in total. The molecule has 1 amide bonds. The van der Waals surface area contributed by atoms with Gasteiger partial charge in [0.15, 0.2) is 0 Å². The fourth-order valence-electron chi connectivity index (χ4n) is 0.923. The van der Waals surface area contributed by atoms with E-state index >= 15 is 0 Å². The number of primary amides is 1. The highest BCUT2D eigenvalue weighted by atomic mass is 16.6. The number of nitro groups is 1. The molecule has 1 rings (SSSR count). The molecule has 2 N–H and O–H groups in total. The van der Waals surface area contributed by atoms with Gasteiger partial charge in [-0.1, -0.05) is 0 Å². The second-order valence-corrected chi connectivity index (χ2v) is 2.50. The van der Waals surface area contributed by atoms with Crippen molar-refractivity contribution in [3.8, 4) is 0 Å². The van der Waals surface area contributed by atoms with Crippen molar-refractivity contribution in [2.75, 3.05) is 0 Å². The first kappa shape index (κ1) is 9.17. The van der Waals surface area contributed by atoms with E-state index in [1.54, 1.807) is 0 Å². The predicted molar refractivity (Wildman–Crippen MR) is 42.8 cm³/mol. The first-order valence-corrected chi connectivity index (χ1v) is 3.47. The van der Waals surface area contributed by atoms with Crippen LogP contribution < -0.4 is 5.73 Å². The number of nitrogens with two attached hydrogens (primary N) is 1. The Morgan fingerprint density at radius 2 is 2.46 bits per heavy atom. The van der Waals surface area contributed by atoms with Gasteiger partial charge in [0.1, 0.15) is 18.4 Å². The van der Waals surface area contributed by atoms with Crippen molar-refractivity contribution in [1.29, 1.82) is 0 Å². The third kappa shape index (κ3) is 1.81. The average Bonchev–Trinajstić information content (AvgIpc) is 2.32. The van der Waals surface area contributed by atoms with E-state index in [0.717, 1.165) is 6.20 Å². The molecular weight excluding hydrogens is 176 g/mol. The Hall–Kier alpha value is -1.92. The lowest BCUT2D eigenvalue weighted by atomic mass is 10.4. The van der Waals surface area contributed by atoms with Gasteiger partial charge < -0.3 is 5.73 Å². The minimum Gasteiger partial charge on any atom is -0.368 e. The second-order valence-electron chi connectivity index (χ2n) is 2.50. The summed E-state index contributed by atoms with van der Waals surface area (Å²) in [4.78, 5) is 20.3. The van der Waals surface area contributed by atoms with Crippen LogP contribution in [0.1, 0.15) is 5.69 Å². The quantitative estimate of drug-likeness (QED) is 0.509. The molecule has 0 aliphatic heterocycles. The van der Waals surface area contributed by atoms with Crippen LogP contribution in [0.4, 0.5) is 5.69 Å². The summed E-state index contributed by atoms with van der Waals surface area (Å²) in [5.41, 5.74) is 5.12. The molecule has 0 atom stereocenters. The third-order valence-electron chi connectivity index (χ3n) is 1.58. The number of carbonyl (C=O) groups excluding carboxylic acids is 1. The van der Waals surface area contributed by atoms with Crippen LogP contribution >= 0.6 is 0 Å². The Morgan fingerprint density at radius 3 is 2.85 bits per heavy atom. The fourth-order valence-corrected chi connectivity index (χ4v) is 0.923. The summed E-state index contributed by atoms with van der Waals surface area (Å²) >= 11 is 0. The molecule has 0 radical (unpaired) electrons. The van der Waals surface area contributed by atoms with E-state index in [-0.39, 0.29) is 12.2 Å². The summed E-state index contributed by atoms with van der Waals surface area (Å²) in [5, 5.41) is 14.0. The summed E-state index contributed by atoms with van der Waals surface area (Å²) in [5.74, 6) is -0.582. The summed E-state index contributed by atoms with van der Waals surface area (Å²) in [7, 11) is 0. The Kier molecular flexibility index (Phi) is 2.27. The van der Waals surface area contributed by atoms with Crippen LogP contribution in [0.2, 0.25) is 0 Å². The Balaban J connectivity index is 2.99. The number of aromatic nitrogens is 2. The molecule has 1 aromatic rings. The van der Waals surface area contributed by atoms with Crippen LogP contribution in [-0.4, -0.2) is 20.6 Å². The van der Waals surface area contributed by atoms with Crippen molar-refractivity contribution in [2.24, 2.45) is 5.73 Å². The Bertz CT molecular complexity index is 357. The van der Waals surface area contributed by atoms with Crippen LogP contribution in [0.15, 0.2) is 6.20 Å². The zero-order chi connectivity index (χ0) is 10.0. The monoisotopic (exact) mass is 184 g/mol. The van der Waals surface area contributed by atoms with E-state index in [9.17, 15) is 14.9 Å². The second kappa shape index (κ2) is 3.21. The molecule has 0 bridgehead atoms. The van der Waals surface area contributed by atoms with Gasteiger partial charge in [-0.15, -0.1) is 0 Å². The molecule has 0 spiro atoms. The van der Waals surface area contributed by atoms with Crippen molar-refractivity contribution in [2.45, 2.75) is 13.5 Å². The van der Waals surface area contributed by atoms with Gasteiger partial charge in [0.25, 0.3) is 0 Å². The van der Waals surface area contributed by atoms with Crippen LogP contribution in [0.3, 0.4) is 0 Å². The van der Waals surface area contributed by atoms with Crippen molar-refractivity contribution in [3.05, 3.63) is 22.0 Å². The summed E-state index contributed by atoms with van der Waals surface area (Å²) in [6.07, 6.45) is 1.10. The van der Waals surface area contributed by atoms with Gasteiger partial charge in [0.2, 0.25) is 5.91 Å². The molecule has 70 valence electrons. The molecule has 0 saturated heterocycles. The van der Waals surface area contributed by atoms with Crippen LogP contribution in [0.5, 0.6) is 0 Å². The molecule has 0 fully saturated rings. The zero-order valence-corrected chi connectivity index (χ0v) is 6.93. The third-order valence-corrected chi connectivity index (χ3v) is 1.58. The van der Waals surface area contributed by atoms with Gasteiger partial charge in [-0.2, -0.15) is 5.10 Å². The smallest absolute Gasteiger partial charge is 0.309 e. The predicted octanol–water partition coefficient (Wildman–Crippen LogP) is -0.415. The van der Waals surface area contributed by atoms with E-state index in [0.29, 0.717) is 5.69 Å². The highest BCUT2D eigenvalue weighted by molar-refractivity contribution is 5.73. The lowest BCUT2D eigenvalue weighted by molar-refractivity contribution is -0.385. The molecule has 0 aliphatic carbocycles. The van der Waals surface area contributed by atoms with E-state index in [4.69, 9.17) is 5.73 Å². The van der Waals surface area contributed by atoms with E-state index in [1.807, 2.05) is 0 Å². The van der Waals surface area contributed by atoms with Crippen LogP contribution in [-0.2, 0) is 11.3 Å². The van der Waals surface area contributed by atoms with Crippen molar-refractivity contribution in [3.63, 3.8) is 0 Å². The zero-order valence-electron chi connectivity index (χ0n) is 6.93. The fraction of sp³-hybridized carbons (Fsp3) is 0.333. The molecule has 13 heavy (non-hydrogen) atoms. The number of hydrogen-bond donors (Lipinski definition) is 1. The molecule has 0 aromatic carbocycles. The standard InChI is InChI=1S/C6H8N4O3/c1-4-5(10(12)13)2-8-9(4)3-6(7)11/h2H,3H2,1H3,(H2,7,11). The molecule has 0 saturated carbocycles. The number of amides is 1. The van der Waals surface area contributed by atoms with E-state index in [1.165, 1.54) is 11.6 Å². The van der Waals surface area contributed by atoms with Gasteiger partial charge in [0.05, 0.1) is 4.92 Å². The topological polar surface area (TPSA) is 104 Å². The maximum Gasteiger partial charge on any atom is 0.309 e. The van der Waals surface area contributed by atoms with Crippen molar-refractivity contribution in [1.82, 2.24) is 9.78 Å². The Morgan fingerprint density at radius 1 is 1.85 bits per heavy atom. The lowest BCUT2D eigenvalue weighted by Crippen LogP contribution is -2.20. The van der Waals surface area contributed by atoms with Crippen LogP contribution in [0, 0.1) is 17.0 Å². The SMILES string of the molecule is Cc1c([N+](=O)[O-])cnn1CC(N)=O. The highest BCUT2D eigenvalue weighted by Crippen LogP contribution is 2.15. The van der Waals surface area contributed by atoms with Crippen LogP contribution in [0.25, 0.3) is 0 Å². The maximum absolute atomic E-state index is 10.5. The van der Waals surface area contributed by atoms with Gasteiger partial charge in [-0.05, 0) is 6.92 Å². The number of rotatable bonds is 3.